The lowest BCUT2D eigenvalue weighted by Crippen LogP contribution is -2.13. The number of ketones is 1. The second-order valence-corrected chi connectivity index (χ2v) is 6.67. The van der Waals surface area contributed by atoms with E-state index in [0.717, 1.165) is 0 Å². The maximum absolute atomic E-state index is 11.8. The summed E-state index contributed by atoms with van der Waals surface area (Å²) in [5.41, 5.74) is 0.500. The van der Waals surface area contributed by atoms with Gasteiger partial charge in [-0.25, -0.2) is 18.4 Å². The standard InChI is InChI=1S/C17H17NO6S/c1-3-23-17(20)15(11(2)19)10-13-6-9-16(24-13)12-4-7-14(8-5-12)25(18,21)22/h4-10H,3H2,1-2H3,(H2,18,21,22)/b15-10-. The number of benzene rings is 1. The van der Waals surface area contributed by atoms with E-state index in [1.807, 2.05) is 0 Å². The molecule has 0 unspecified atom stereocenters. The number of hydrogen-bond donors (Lipinski definition) is 1. The van der Waals surface area contributed by atoms with Crippen molar-refractivity contribution < 1.29 is 27.2 Å². The van der Waals surface area contributed by atoms with E-state index < -0.39 is 21.8 Å². The highest BCUT2D eigenvalue weighted by Crippen LogP contribution is 2.24. The maximum Gasteiger partial charge on any atom is 0.341 e. The molecule has 0 spiro atoms. The van der Waals surface area contributed by atoms with Crippen molar-refractivity contribution in [2.75, 3.05) is 6.61 Å². The Kier molecular flexibility index (Phi) is 5.55. The van der Waals surface area contributed by atoms with Crippen LogP contribution in [0.2, 0.25) is 0 Å². The Labute approximate surface area is 145 Å². The molecule has 25 heavy (non-hydrogen) atoms. The Balaban J connectivity index is 2.31. The van der Waals surface area contributed by atoms with Gasteiger partial charge in [-0.2, -0.15) is 0 Å². The van der Waals surface area contributed by atoms with Gasteiger partial charge in [0.15, 0.2) is 5.78 Å². The van der Waals surface area contributed by atoms with Crippen molar-refractivity contribution in [3.8, 4) is 11.3 Å². The molecule has 1 aromatic heterocycles. The van der Waals surface area contributed by atoms with Crippen LogP contribution in [0.15, 0.2) is 51.3 Å². The molecule has 0 aliphatic rings. The van der Waals surface area contributed by atoms with Crippen LogP contribution in [-0.2, 0) is 24.3 Å². The number of rotatable bonds is 6. The van der Waals surface area contributed by atoms with Crippen LogP contribution in [0.4, 0.5) is 0 Å². The van der Waals surface area contributed by atoms with Crippen molar-refractivity contribution in [3.05, 3.63) is 47.7 Å². The number of primary sulfonamides is 1. The summed E-state index contributed by atoms with van der Waals surface area (Å²) in [6.45, 7) is 3.06. The van der Waals surface area contributed by atoms with Gasteiger partial charge in [-0.05, 0) is 56.3 Å². The van der Waals surface area contributed by atoms with Crippen LogP contribution in [0.5, 0.6) is 0 Å². The third-order valence-electron chi connectivity index (χ3n) is 3.26. The molecule has 0 saturated carbocycles. The topological polar surface area (TPSA) is 117 Å². The van der Waals surface area contributed by atoms with Crippen LogP contribution in [-0.4, -0.2) is 26.8 Å². The van der Waals surface area contributed by atoms with Crippen molar-refractivity contribution in [2.45, 2.75) is 18.7 Å². The summed E-state index contributed by atoms with van der Waals surface area (Å²) in [6, 6.07) is 9.04. The minimum atomic E-state index is -3.77. The van der Waals surface area contributed by atoms with E-state index in [1.54, 1.807) is 31.2 Å². The van der Waals surface area contributed by atoms with Gasteiger partial charge in [0, 0.05) is 5.56 Å². The highest BCUT2D eigenvalue weighted by Gasteiger charge is 2.17. The van der Waals surface area contributed by atoms with Gasteiger partial charge in [-0.1, -0.05) is 0 Å². The number of Topliss-reactive ketones (excluding diaryl/α,β-unsaturated/α-hetero) is 1. The third-order valence-corrected chi connectivity index (χ3v) is 4.18. The molecule has 0 aliphatic heterocycles. The summed E-state index contributed by atoms with van der Waals surface area (Å²) < 4.78 is 32.9. The summed E-state index contributed by atoms with van der Waals surface area (Å²) in [4.78, 5) is 23.4. The van der Waals surface area contributed by atoms with Crippen LogP contribution in [0.3, 0.4) is 0 Å². The number of sulfonamides is 1. The van der Waals surface area contributed by atoms with Gasteiger partial charge in [-0.15, -0.1) is 0 Å². The van der Waals surface area contributed by atoms with E-state index in [2.05, 4.69) is 0 Å². The predicted molar refractivity (Wildman–Crippen MR) is 90.8 cm³/mol. The van der Waals surface area contributed by atoms with Crippen molar-refractivity contribution in [1.82, 2.24) is 0 Å². The Hall–Kier alpha value is -2.71. The van der Waals surface area contributed by atoms with Crippen LogP contribution in [0.25, 0.3) is 17.4 Å². The van der Waals surface area contributed by atoms with Gasteiger partial charge in [0.1, 0.15) is 17.1 Å². The molecule has 2 rings (SSSR count). The Morgan fingerprint density at radius 3 is 2.32 bits per heavy atom. The molecule has 132 valence electrons. The highest BCUT2D eigenvalue weighted by atomic mass is 32.2. The monoisotopic (exact) mass is 363 g/mol. The van der Waals surface area contributed by atoms with Gasteiger partial charge in [0.25, 0.3) is 0 Å². The summed E-state index contributed by atoms with van der Waals surface area (Å²) in [7, 11) is -3.77. The summed E-state index contributed by atoms with van der Waals surface area (Å²) >= 11 is 0. The zero-order chi connectivity index (χ0) is 18.6. The van der Waals surface area contributed by atoms with Crippen molar-refractivity contribution in [2.24, 2.45) is 5.14 Å². The first-order valence-electron chi connectivity index (χ1n) is 7.35. The molecule has 0 saturated heterocycles. The summed E-state index contributed by atoms with van der Waals surface area (Å²) in [6.07, 6.45) is 1.31. The molecule has 8 heteroatoms. The van der Waals surface area contributed by atoms with Crippen LogP contribution in [0, 0.1) is 0 Å². The summed E-state index contributed by atoms with van der Waals surface area (Å²) in [5.74, 6) is -0.415. The molecule has 0 bridgehead atoms. The van der Waals surface area contributed by atoms with Crippen LogP contribution >= 0.6 is 0 Å². The lowest BCUT2D eigenvalue weighted by Gasteiger charge is -2.02. The fourth-order valence-electron chi connectivity index (χ4n) is 2.05. The number of nitrogens with two attached hydrogens (primary N) is 1. The molecule has 1 aromatic carbocycles. The van der Waals surface area contributed by atoms with Crippen LogP contribution in [0.1, 0.15) is 19.6 Å². The van der Waals surface area contributed by atoms with Gasteiger partial charge < -0.3 is 9.15 Å². The Bertz CT molecular complexity index is 922. The molecule has 0 aliphatic carbocycles. The van der Waals surface area contributed by atoms with E-state index in [4.69, 9.17) is 14.3 Å². The first-order chi connectivity index (χ1) is 11.7. The molecular formula is C17H17NO6S. The number of carbonyl (C=O) groups is 2. The Morgan fingerprint density at radius 1 is 1.16 bits per heavy atom. The first-order valence-corrected chi connectivity index (χ1v) is 8.90. The van der Waals surface area contributed by atoms with E-state index >= 15 is 0 Å². The normalized spacial score (nSPS) is 12.0. The second-order valence-electron chi connectivity index (χ2n) is 5.11. The molecule has 0 amide bonds. The smallest absolute Gasteiger partial charge is 0.341 e. The first kappa shape index (κ1) is 18.6. The van der Waals surface area contributed by atoms with Crippen molar-refractivity contribution in [3.63, 3.8) is 0 Å². The van der Waals surface area contributed by atoms with E-state index in [-0.39, 0.29) is 17.1 Å². The highest BCUT2D eigenvalue weighted by molar-refractivity contribution is 7.89. The maximum atomic E-state index is 11.8. The van der Waals surface area contributed by atoms with Gasteiger partial charge in [0.05, 0.1) is 11.5 Å². The number of esters is 1. The third kappa shape index (κ3) is 4.65. The molecule has 0 atom stereocenters. The van der Waals surface area contributed by atoms with E-state index in [9.17, 15) is 18.0 Å². The summed E-state index contributed by atoms with van der Waals surface area (Å²) in [5, 5.41) is 5.05. The lowest BCUT2D eigenvalue weighted by atomic mass is 10.1. The van der Waals surface area contributed by atoms with Gasteiger partial charge in [0.2, 0.25) is 10.0 Å². The fraction of sp³-hybridized carbons (Fsp3) is 0.176. The largest absolute Gasteiger partial charge is 0.462 e. The number of furan rings is 1. The molecule has 1 heterocycles. The zero-order valence-electron chi connectivity index (χ0n) is 13.7. The molecule has 2 N–H and O–H groups in total. The predicted octanol–water partition coefficient (Wildman–Crippen LogP) is 2.13. The molecule has 0 fully saturated rings. The molecule has 7 nitrogen and oxygen atoms in total. The number of carbonyl (C=O) groups excluding carboxylic acids is 2. The average molecular weight is 363 g/mol. The minimum Gasteiger partial charge on any atom is -0.462 e. The average Bonchev–Trinajstić information content (AvgIpc) is 3.00. The van der Waals surface area contributed by atoms with E-state index in [1.165, 1.54) is 25.1 Å². The molecular weight excluding hydrogens is 346 g/mol. The number of hydrogen-bond acceptors (Lipinski definition) is 6. The number of ether oxygens (including phenoxy) is 1. The minimum absolute atomic E-state index is 0.0101. The molecule has 0 radical (unpaired) electrons. The van der Waals surface area contributed by atoms with Gasteiger partial charge >= 0.3 is 5.97 Å². The van der Waals surface area contributed by atoms with E-state index in [0.29, 0.717) is 17.1 Å². The molecule has 2 aromatic rings. The van der Waals surface area contributed by atoms with Gasteiger partial charge in [-0.3, -0.25) is 4.79 Å². The quantitative estimate of drug-likeness (QED) is 0.364. The van der Waals surface area contributed by atoms with Crippen molar-refractivity contribution in [1.29, 1.82) is 0 Å². The zero-order valence-corrected chi connectivity index (χ0v) is 14.5. The second kappa shape index (κ2) is 7.45. The SMILES string of the molecule is CCOC(=O)/C(=C\c1ccc(-c2ccc(S(N)(=O)=O)cc2)o1)C(C)=O. The Morgan fingerprint density at radius 2 is 1.80 bits per heavy atom. The lowest BCUT2D eigenvalue weighted by molar-refractivity contribution is -0.139. The fourth-order valence-corrected chi connectivity index (χ4v) is 2.57. The van der Waals surface area contributed by atoms with Crippen LogP contribution < -0.4 is 5.14 Å². The van der Waals surface area contributed by atoms with Crippen molar-refractivity contribution >= 4 is 27.9 Å².